The zero-order chi connectivity index (χ0) is 17.9. The number of aromatic nitrogens is 1. The van der Waals surface area contributed by atoms with Crippen LogP contribution in [-0.2, 0) is 0 Å². The van der Waals surface area contributed by atoms with Crippen molar-refractivity contribution in [3.8, 4) is 11.3 Å². The number of nitrogens with one attached hydrogen (secondary N) is 1. The third kappa shape index (κ3) is 3.24. The average Bonchev–Trinajstić information content (AvgIpc) is 3.03. The lowest BCUT2D eigenvalue weighted by atomic mass is 10.1. The van der Waals surface area contributed by atoms with Crippen LogP contribution in [-0.4, -0.2) is 49.1 Å². The van der Waals surface area contributed by atoms with Crippen LogP contribution in [0, 0.1) is 0 Å². The quantitative estimate of drug-likeness (QED) is 0.750. The van der Waals surface area contributed by atoms with Crippen LogP contribution in [0.5, 0.6) is 0 Å². The van der Waals surface area contributed by atoms with Crippen molar-refractivity contribution in [1.82, 2.24) is 15.2 Å². The van der Waals surface area contributed by atoms with Crippen molar-refractivity contribution >= 4 is 33.3 Å². The van der Waals surface area contributed by atoms with Gasteiger partial charge in [0, 0.05) is 38.8 Å². The Bertz CT molecular complexity index is 909. The highest BCUT2D eigenvalue weighted by atomic mass is 32.1. The monoisotopic (exact) mass is 366 g/mol. The molecule has 2 aromatic heterocycles. The van der Waals surface area contributed by atoms with Crippen LogP contribution in [0.2, 0.25) is 0 Å². The topological polar surface area (TPSA) is 48.5 Å². The number of carbonyl (C=O) groups excluding carboxylic acids is 1. The van der Waals surface area contributed by atoms with Crippen LogP contribution in [0.1, 0.15) is 6.42 Å². The molecule has 1 aliphatic rings. The Kier molecular flexibility index (Phi) is 4.75. The first kappa shape index (κ1) is 16.8. The summed E-state index contributed by atoms with van der Waals surface area (Å²) >= 11 is 1.73. The molecule has 1 aromatic carbocycles. The van der Waals surface area contributed by atoms with E-state index in [-0.39, 0.29) is 6.03 Å². The molecular weight excluding hydrogens is 344 g/mol. The van der Waals surface area contributed by atoms with E-state index in [2.05, 4.69) is 39.9 Å². The molecule has 0 atom stereocenters. The molecule has 1 saturated heterocycles. The fourth-order valence-electron chi connectivity index (χ4n) is 3.45. The van der Waals surface area contributed by atoms with E-state index < -0.39 is 0 Å². The predicted molar refractivity (Wildman–Crippen MR) is 108 cm³/mol. The minimum atomic E-state index is 0.00724. The number of nitrogens with zero attached hydrogens (tertiary/aromatic N) is 3. The SMILES string of the molecule is CNC(=O)N1CCCN(c2cc(-c3ccccc3)nc3ccsc23)CC1. The van der Waals surface area contributed by atoms with Crippen molar-refractivity contribution < 1.29 is 4.79 Å². The summed E-state index contributed by atoms with van der Waals surface area (Å²) in [5.41, 5.74) is 4.39. The maximum absolute atomic E-state index is 12.0. The third-order valence-corrected chi connectivity index (χ3v) is 5.72. The number of amides is 2. The van der Waals surface area contributed by atoms with Gasteiger partial charge < -0.3 is 15.1 Å². The second-order valence-corrected chi connectivity index (χ2v) is 7.33. The number of urea groups is 1. The van der Waals surface area contributed by atoms with E-state index >= 15 is 0 Å². The first-order chi connectivity index (χ1) is 12.8. The Hall–Kier alpha value is -2.60. The predicted octanol–water partition coefficient (Wildman–Crippen LogP) is 3.81. The van der Waals surface area contributed by atoms with Gasteiger partial charge in [-0.05, 0) is 23.9 Å². The first-order valence-electron chi connectivity index (χ1n) is 8.91. The zero-order valence-electron chi connectivity index (χ0n) is 14.8. The number of anilines is 1. The molecule has 6 heteroatoms. The Morgan fingerprint density at radius 3 is 2.77 bits per heavy atom. The van der Waals surface area contributed by atoms with Crippen LogP contribution >= 0.6 is 11.3 Å². The van der Waals surface area contributed by atoms with E-state index in [0.717, 1.165) is 49.4 Å². The molecule has 0 aliphatic carbocycles. The third-order valence-electron chi connectivity index (χ3n) is 4.80. The summed E-state index contributed by atoms with van der Waals surface area (Å²) < 4.78 is 1.22. The van der Waals surface area contributed by atoms with Gasteiger partial charge in [-0.3, -0.25) is 0 Å². The van der Waals surface area contributed by atoms with Crippen LogP contribution in [0.15, 0.2) is 47.8 Å². The lowest BCUT2D eigenvalue weighted by molar-refractivity contribution is 0.204. The van der Waals surface area contributed by atoms with Gasteiger partial charge in [0.1, 0.15) is 0 Å². The number of thiophene rings is 1. The molecule has 1 aliphatic heterocycles. The van der Waals surface area contributed by atoms with Crippen molar-refractivity contribution in [2.75, 3.05) is 38.1 Å². The van der Waals surface area contributed by atoms with Crippen molar-refractivity contribution in [3.05, 3.63) is 47.8 Å². The van der Waals surface area contributed by atoms with Crippen molar-refractivity contribution in [3.63, 3.8) is 0 Å². The number of carbonyl (C=O) groups is 1. The van der Waals surface area contributed by atoms with E-state index in [9.17, 15) is 4.79 Å². The number of hydrogen-bond donors (Lipinski definition) is 1. The Morgan fingerprint density at radius 1 is 1.12 bits per heavy atom. The minimum Gasteiger partial charge on any atom is -0.368 e. The summed E-state index contributed by atoms with van der Waals surface area (Å²) in [6.45, 7) is 3.30. The molecule has 0 radical (unpaired) electrons. The van der Waals surface area contributed by atoms with Crippen LogP contribution in [0.3, 0.4) is 0 Å². The summed E-state index contributed by atoms with van der Waals surface area (Å²) in [7, 11) is 1.69. The van der Waals surface area contributed by atoms with E-state index in [1.807, 2.05) is 23.1 Å². The molecule has 0 unspecified atom stereocenters. The molecule has 1 N–H and O–H groups in total. The smallest absolute Gasteiger partial charge is 0.317 e. The normalized spacial score (nSPS) is 15.1. The Balaban J connectivity index is 1.69. The van der Waals surface area contributed by atoms with Gasteiger partial charge in [-0.25, -0.2) is 9.78 Å². The standard InChI is InChI=1S/C20H22N4OS/c1-21-20(25)24-10-5-9-23(11-12-24)18-14-17(15-6-3-2-4-7-15)22-16-8-13-26-19(16)18/h2-4,6-8,13-14H,5,9-12H2,1H3,(H,21,25). The Morgan fingerprint density at radius 2 is 1.96 bits per heavy atom. The number of fused-ring (bicyclic) bond motifs is 1. The molecule has 0 bridgehead atoms. The molecule has 5 nitrogen and oxygen atoms in total. The maximum Gasteiger partial charge on any atom is 0.317 e. The number of pyridine rings is 1. The zero-order valence-corrected chi connectivity index (χ0v) is 15.6. The summed E-state index contributed by atoms with van der Waals surface area (Å²) in [6.07, 6.45) is 0.962. The first-order valence-corrected chi connectivity index (χ1v) is 9.79. The minimum absolute atomic E-state index is 0.00724. The molecule has 4 rings (SSSR count). The van der Waals surface area contributed by atoms with E-state index in [1.54, 1.807) is 18.4 Å². The van der Waals surface area contributed by atoms with Gasteiger partial charge in [-0.1, -0.05) is 30.3 Å². The molecule has 26 heavy (non-hydrogen) atoms. The summed E-state index contributed by atoms with van der Waals surface area (Å²) in [5, 5.41) is 4.84. The second kappa shape index (κ2) is 7.33. The van der Waals surface area contributed by atoms with Gasteiger partial charge >= 0.3 is 6.03 Å². The molecule has 0 spiro atoms. The van der Waals surface area contributed by atoms with Gasteiger partial charge in [0.05, 0.1) is 21.6 Å². The van der Waals surface area contributed by atoms with Gasteiger partial charge in [-0.2, -0.15) is 0 Å². The fourth-order valence-corrected chi connectivity index (χ4v) is 4.33. The van der Waals surface area contributed by atoms with E-state index in [4.69, 9.17) is 4.98 Å². The van der Waals surface area contributed by atoms with Crippen LogP contribution in [0.25, 0.3) is 21.5 Å². The number of hydrogen-bond acceptors (Lipinski definition) is 4. The fraction of sp³-hybridized carbons (Fsp3) is 0.300. The highest BCUT2D eigenvalue weighted by molar-refractivity contribution is 7.17. The molecule has 1 fully saturated rings. The van der Waals surface area contributed by atoms with Gasteiger partial charge in [0.2, 0.25) is 0 Å². The highest BCUT2D eigenvalue weighted by Gasteiger charge is 2.21. The largest absolute Gasteiger partial charge is 0.368 e. The average molecular weight is 366 g/mol. The molecule has 3 heterocycles. The second-order valence-electron chi connectivity index (χ2n) is 6.41. The molecule has 3 aromatic rings. The van der Waals surface area contributed by atoms with E-state index in [1.165, 1.54) is 10.4 Å². The van der Waals surface area contributed by atoms with Gasteiger partial charge in [0.15, 0.2) is 0 Å². The molecule has 0 saturated carbocycles. The van der Waals surface area contributed by atoms with E-state index in [0.29, 0.717) is 0 Å². The van der Waals surface area contributed by atoms with Crippen molar-refractivity contribution in [2.24, 2.45) is 0 Å². The maximum atomic E-state index is 12.0. The van der Waals surface area contributed by atoms with Crippen molar-refractivity contribution in [1.29, 1.82) is 0 Å². The lowest BCUT2D eigenvalue weighted by Crippen LogP contribution is -2.40. The molecule has 134 valence electrons. The summed E-state index contributed by atoms with van der Waals surface area (Å²) in [6, 6.07) is 14.6. The van der Waals surface area contributed by atoms with Gasteiger partial charge in [-0.15, -0.1) is 11.3 Å². The number of rotatable bonds is 2. The Labute approximate surface area is 157 Å². The van der Waals surface area contributed by atoms with Crippen molar-refractivity contribution in [2.45, 2.75) is 6.42 Å². The van der Waals surface area contributed by atoms with Gasteiger partial charge in [0.25, 0.3) is 0 Å². The highest BCUT2D eigenvalue weighted by Crippen LogP contribution is 2.34. The summed E-state index contributed by atoms with van der Waals surface area (Å²) in [5.74, 6) is 0. The van der Waals surface area contributed by atoms with Crippen LogP contribution in [0.4, 0.5) is 10.5 Å². The van der Waals surface area contributed by atoms with Crippen LogP contribution < -0.4 is 10.2 Å². The molecule has 2 amide bonds. The number of benzene rings is 1. The summed E-state index contributed by atoms with van der Waals surface area (Å²) in [4.78, 5) is 21.1. The lowest BCUT2D eigenvalue weighted by Gasteiger charge is -2.24. The molecular formula is C20H22N4OS.